The van der Waals surface area contributed by atoms with Gasteiger partial charge in [-0.25, -0.2) is 0 Å². The fourth-order valence-electron chi connectivity index (χ4n) is 1.97. The van der Waals surface area contributed by atoms with Crippen molar-refractivity contribution >= 4 is 5.91 Å². The van der Waals surface area contributed by atoms with Crippen molar-refractivity contribution in [3.05, 3.63) is 42.5 Å². The highest BCUT2D eigenvalue weighted by Crippen LogP contribution is 2.14. The molecule has 112 valence electrons. The highest BCUT2D eigenvalue weighted by molar-refractivity contribution is 5.94. The zero-order valence-electron chi connectivity index (χ0n) is 12.3. The summed E-state index contributed by atoms with van der Waals surface area (Å²) in [5.41, 5.74) is 0.606. The van der Waals surface area contributed by atoms with Crippen LogP contribution in [0.25, 0.3) is 5.69 Å². The van der Waals surface area contributed by atoms with E-state index in [1.165, 1.54) is 0 Å². The van der Waals surface area contributed by atoms with Crippen molar-refractivity contribution in [1.82, 2.24) is 20.1 Å². The molecule has 1 amide bonds. The molecule has 0 radical (unpaired) electrons. The van der Waals surface area contributed by atoms with Gasteiger partial charge in [0.15, 0.2) is 0 Å². The summed E-state index contributed by atoms with van der Waals surface area (Å²) in [6.45, 7) is 4.07. The molecule has 21 heavy (non-hydrogen) atoms. The minimum absolute atomic E-state index is 0.189. The Morgan fingerprint density at radius 3 is 2.29 bits per heavy atom. The third-order valence-corrected chi connectivity index (χ3v) is 3.74. The molecule has 2 rings (SSSR count). The molecule has 0 atom stereocenters. The average Bonchev–Trinajstić information content (AvgIpc) is 3.07. The van der Waals surface area contributed by atoms with E-state index >= 15 is 0 Å². The summed E-state index contributed by atoms with van der Waals surface area (Å²) in [6, 6.07) is 7.12. The number of nitrogens with zero attached hydrogens (tertiary/aromatic N) is 3. The second-order valence-electron chi connectivity index (χ2n) is 5.03. The van der Waals surface area contributed by atoms with Crippen LogP contribution in [0.5, 0.6) is 0 Å². The molecule has 0 aliphatic rings. The molecule has 6 heteroatoms. The van der Waals surface area contributed by atoms with Gasteiger partial charge < -0.3 is 10.4 Å². The number of benzene rings is 1. The lowest BCUT2D eigenvalue weighted by atomic mass is 9.97. The van der Waals surface area contributed by atoms with Crippen LogP contribution in [-0.4, -0.2) is 37.9 Å². The van der Waals surface area contributed by atoms with Crippen molar-refractivity contribution in [2.75, 3.05) is 6.54 Å². The molecule has 2 aromatic rings. The summed E-state index contributed by atoms with van der Waals surface area (Å²) in [5.74, 6) is -0.189. The second-order valence-corrected chi connectivity index (χ2v) is 5.03. The molecule has 0 unspecified atom stereocenters. The van der Waals surface area contributed by atoms with Gasteiger partial charge in [-0.05, 0) is 37.1 Å². The molecular formula is C15H20N4O2. The molecule has 0 aliphatic heterocycles. The molecule has 1 heterocycles. The summed E-state index contributed by atoms with van der Waals surface area (Å²) in [6.07, 6.45) is 4.40. The minimum atomic E-state index is -0.835. The number of carbonyl (C=O) groups is 1. The fourth-order valence-corrected chi connectivity index (χ4v) is 1.97. The molecule has 0 aliphatic carbocycles. The number of rotatable bonds is 6. The predicted molar refractivity (Wildman–Crippen MR) is 79.2 cm³/mol. The van der Waals surface area contributed by atoms with Gasteiger partial charge in [0, 0.05) is 17.8 Å². The molecule has 0 fully saturated rings. The Morgan fingerprint density at radius 1 is 1.19 bits per heavy atom. The van der Waals surface area contributed by atoms with Gasteiger partial charge in [-0.2, -0.15) is 0 Å². The number of hydrogen-bond acceptors (Lipinski definition) is 4. The quantitative estimate of drug-likeness (QED) is 0.845. The second kappa shape index (κ2) is 6.49. The Bertz CT molecular complexity index is 574. The van der Waals surface area contributed by atoms with Crippen molar-refractivity contribution in [2.45, 2.75) is 32.3 Å². The Hall–Kier alpha value is -2.21. The van der Waals surface area contributed by atoms with Gasteiger partial charge in [-0.3, -0.25) is 9.36 Å². The monoisotopic (exact) mass is 288 g/mol. The van der Waals surface area contributed by atoms with E-state index in [1.54, 1.807) is 29.4 Å². The van der Waals surface area contributed by atoms with E-state index in [9.17, 15) is 9.90 Å². The smallest absolute Gasteiger partial charge is 0.251 e. The maximum atomic E-state index is 12.1. The standard InChI is InChI=1S/C15H20N4O2/c1-3-15(21,4-2)9-16-14(20)12-5-7-13(8-6-12)19-10-17-18-11-19/h5-8,10-11,21H,3-4,9H2,1-2H3,(H,16,20). The number of carbonyl (C=O) groups excluding carboxylic acids is 1. The first kappa shape index (κ1) is 15.2. The van der Waals surface area contributed by atoms with E-state index in [2.05, 4.69) is 15.5 Å². The van der Waals surface area contributed by atoms with Crippen LogP contribution < -0.4 is 5.32 Å². The number of aliphatic hydroxyl groups is 1. The Morgan fingerprint density at radius 2 is 1.76 bits per heavy atom. The molecule has 1 aromatic carbocycles. The Labute approximate surface area is 123 Å². The third kappa shape index (κ3) is 3.66. The maximum Gasteiger partial charge on any atom is 0.251 e. The molecule has 0 saturated heterocycles. The predicted octanol–water partition coefficient (Wildman–Crippen LogP) is 1.55. The SMILES string of the molecule is CCC(O)(CC)CNC(=O)c1ccc(-n2cnnc2)cc1. The Balaban J connectivity index is 2.00. The van der Waals surface area contributed by atoms with Crippen molar-refractivity contribution in [3.63, 3.8) is 0 Å². The van der Waals surface area contributed by atoms with Crippen molar-refractivity contribution in [2.24, 2.45) is 0 Å². The molecule has 6 nitrogen and oxygen atoms in total. The van der Waals surface area contributed by atoms with E-state index in [1.807, 2.05) is 26.0 Å². The number of aromatic nitrogens is 3. The van der Waals surface area contributed by atoms with Gasteiger partial charge in [-0.15, -0.1) is 10.2 Å². The summed E-state index contributed by atoms with van der Waals surface area (Å²) in [5, 5.41) is 20.4. The molecule has 0 saturated carbocycles. The van der Waals surface area contributed by atoms with Gasteiger partial charge >= 0.3 is 0 Å². The first-order valence-electron chi connectivity index (χ1n) is 7.03. The maximum absolute atomic E-state index is 12.1. The first-order chi connectivity index (χ1) is 10.1. The summed E-state index contributed by atoms with van der Waals surface area (Å²) in [4.78, 5) is 12.1. The topological polar surface area (TPSA) is 80.0 Å². The van der Waals surface area contributed by atoms with Crippen LogP contribution >= 0.6 is 0 Å². The van der Waals surface area contributed by atoms with Crippen molar-refractivity contribution < 1.29 is 9.90 Å². The average molecular weight is 288 g/mol. The normalized spacial score (nSPS) is 11.4. The summed E-state index contributed by atoms with van der Waals surface area (Å²) in [7, 11) is 0. The zero-order chi connectivity index (χ0) is 15.3. The van der Waals surface area contributed by atoms with E-state index in [0.717, 1.165) is 5.69 Å². The van der Waals surface area contributed by atoms with Crippen molar-refractivity contribution in [1.29, 1.82) is 0 Å². The van der Waals surface area contributed by atoms with Crippen LogP contribution in [0.15, 0.2) is 36.9 Å². The van der Waals surface area contributed by atoms with Crippen LogP contribution in [0.2, 0.25) is 0 Å². The van der Waals surface area contributed by atoms with Crippen LogP contribution in [0.3, 0.4) is 0 Å². The number of nitrogens with one attached hydrogen (secondary N) is 1. The first-order valence-corrected chi connectivity index (χ1v) is 7.03. The van der Waals surface area contributed by atoms with Gasteiger partial charge in [-0.1, -0.05) is 13.8 Å². The molecule has 2 N–H and O–H groups in total. The summed E-state index contributed by atoms with van der Waals surface area (Å²) >= 11 is 0. The number of hydrogen-bond donors (Lipinski definition) is 2. The van der Waals surface area contributed by atoms with E-state index in [0.29, 0.717) is 18.4 Å². The van der Waals surface area contributed by atoms with Gasteiger partial charge in [0.05, 0.1) is 5.60 Å². The number of amides is 1. The lowest BCUT2D eigenvalue weighted by Gasteiger charge is -2.25. The van der Waals surface area contributed by atoms with Crippen LogP contribution in [0.1, 0.15) is 37.0 Å². The van der Waals surface area contributed by atoms with Crippen LogP contribution in [-0.2, 0) is 0 Å². The minimum Gasteiger partial charge on any atom is -0.388 e. The summed E-state index contributed by atoms with van der Waals surface area (Å²) < 4.78 is 1.76. The highest BCUT2D eigenvalue weighted by atomic mass is 16.3. The third-order valence-electron chi connectivity index (χ3n) is 3.74. The molecular weight excluding hydrogens is 268 g/mol. The zero-order valence-corrected chi connectivity index (χ0v) is 12.3. The molecule has 0 bridgehead atoms. The van der Waals surface area contributed by atoms with Crippen molar-refractivity contribution in [3.8, 4) is 5.69 Å². The van der Waals surface area contributed by atoms with E-state index < -0.39 is 5.60 Å². The lowest BCUT2D eigenvalue weighted by Crippen LogP contribution is -2.42. The largest absolute Gasteiger partial charge is 0.388 e. The van der Waals surface area contributed by atoms with Crippen LogP contribution in [0, 0.1) is 0 Å². The highest BCUT2D eigenvalue weighted by Gasteiger charge is 2.22. The Kier molecular flexibility index (Phi) is 4.70. The lowest BCUT2D eigenvalue weighted by molar-refractivity contribution is 0.0314. The molecule has 0 spiro atoms. The molecule has 1 aromatic heterocycles. The van der Waals surface area contributed by atoms with Crippen LogP contribution in [0.4, 0.5) is 0 Å². The van der Waals surface area contributed by atoms with Gasteiger partial charge in [0.25, 0.3) is 5.91 Å². The van der Waals surface area contributed by atoms with E-state index in [4.69, 9.17) is 0 Å². The van der Waals surface area contributed by atoms with Gasteiger partial charge in [0.1, 0.15) is 12.7 Å². The fraction of sp³-hybridized carbons (Fsp3) is 0.400. The van der Waals surface area contributed by atoms with Gasteiger partial charge in [0.2, 0.25) is 0 Å². The van der Waals surface area contributed by atoms with E-state index in [-0.39, 0.29) is 12.5 Å².